The van der Waals surface area contributed by atoms with Gasteiger partial charge in [-0.2, -0.15) is 0 Å². The minimum absolute atomic E-state index is 0.0722. The topological polar surface area (TPSA) is 176 Å². The van der Waals surface area contributed by atoms with Gasteiger partial charge in [0.1, 0.15) is 30.6 Å². The predicted octanol–water partition coefficient (Wildman–Crippen LogP) is -0.303. The number of methoxy groups -OCH3 is 1. The maximum Gasteiger partial charge on any atom is 0.336 e. The average molecular weight is 571 g/mol. The molecular weight excluding hydrogens is 536 g/mol. The first kappa shape index (κ1) is 31.0. The molecule has 216 valence electrons. The maximum atomic E-state index is 13.2. The lowest BCUT2D eigenvalue weighted by Gasteiger charge is -2.40. The van der Waals surface area contributed by atoms with Crippen molar-refractivity contribution in [1.82, 2.24) is 10.6 Å². The standard InChI is InChI=1S/C26H35ClN2O10/c1-4-38-26(35)20-16(12-37-10-9-28-24-23(33)22(32)21(31)17(11-30)39-24)29-13(2)18(25(34)36-3)19(20)14-7-5-6-8-15(14)27/h5-8,17,19,21-24,28-33H,4,9-12H2,1-3H3/t17-,19?,21?,22-,23-,24?/m1/s1. The molecule has 1 saturated heterocycles. The SMILES string of the molecule is CCOC(=O)C1=C(COCCNC2O[C@H](CO)C(O)[C@@H](O)[C@H]2O)NC(C)=C(C(=O)OC)C1c1ccccc1Cl. The van der Waals surface area contributed by atoms with E-state index in [4.69, 9.17) is 30.5 Å². The largest absolute Gasteiger partial charge is 0.466 e. The zero-order chi connectivity index (χ0) is 28.7. The zero-order valence-corrected chi connectivity index (χ0v) is 22.7. The van der Waals surface area contributed by atoms with Crippen molar-refractivity contribution in [2.24, 2.45) is 0 Å². The van der Waals surface area contributed by atoms with Crippen LogP contribution in [0, 0.1) is 0 Å². The number of nitrogens with one attached hydrogen (secondary N) is 2. The summed E-state index contributed by atoms with van der Waals surface area (Å²) in [5.41, 5.74) is 1.71. The van der Waals surface area contributed by atoms with E-state index in [1.165, 1.54) is 7.11 Å². The minimum Gasteiger partial charge on any atom is -0.466 e. The van der Waals surface area contributed by atoms with E-state index in [1.807, 2.05) is 0 Å². The van der Waals surface area contributed by atoms with Crippen LogP contribution >= 0.6 is 11.6 Å². The molecule has 1 fully saturated rings. The summed E-state index contributed by atoms with van der Waals surface area (Å²) in [6, 6.07) is 6.86. The number of carbonyl (C=O) groups excluding carboxylic acids is 2. The van der Waals surface area contributed by atoms with Crippen LogP contribution in [0.25, 0.3) is 0 Å². The lowest BCUT2D eigenvalue weighted by Crippen LogP contribution is -2.62. The second kappa shape index (κ2) is 14.2. The smallest absolute Gasteiger partial charge is 0.336 e. The molecule has 0 aliphatic carbocycles. The zero-order valence-electron chi connectivity index (χ0n) is 21.9. The first-order valence-electron chi connectivity index (χ1n) is 12.5. The van der Waals surface area contributed by atoms with E-state index in [2.05, 4.69) is 10.6 Å². The molecule has 0 spiro atoms. The van der Waals surface area contributed by atoms with E-state index in [1.54, 1.807) is 38.1 Å². The highest BCUT2D eigenvalue weighted by Gasteiger charge is 2.43. The summed E-state index contributed by atoms with van der Waals surface area (Å²) in [4.78, 5) is 26.0. The molecule has 0 bridgehead atoms. The third kappa shape index (κ3) is 6.97. The summed E-state index contributed by atoms with van der Waals surface area (Å²) in [6.07, 6.45) is -6.47. The van der Waals surface area contributed by atoms with Gasteiger partial charge in [-0.3, -0.25) is 5.32 Å². The predicted molar refractivity (Wildman–Crippen MR) is 138 cm³/mol. The molecule has 3 unspecified atom stereocenters. The molecule has 0 amide bonds. The Hall–Kier alpha value is -2.55. The Balaban J connectivity index is 1.80. The van der Waals surface area contributed by atoms with Crippen molar-refractivity contribution in [2.75, 3.05) is 40.1 Å². The van der Waals surface area contributed by atoms with Gasteiger partial charge in [0.15, 0.2) is 0 Å². The van der Waals surface area contributed by atoms with Crippen LogP contribution in [0.1, 0.15) is 25.3 Å². The number of ether oxygens (including phenoxy) is 4. The fourth-order valence-corrected chi connectivity index (χ4v) is 4.82. The van der Waals surface area contributed by atoms with Gasteiger partial charge in [0.2, 0.25) is 0 Å². The van der Waals surface area contributed by atoms with Crippen molar-refractivity contribution in [3.8, 4) is 0 Å². The molecule has 1 aromatic rings. The molecule has 6 atom stereocenters. The third-order valence-electron chi connectivity index (χ3n) is 6.49. The van der Waals surface area contributed by atoms with Crippen LogP contribution in [-0.4, -0.2) is 103 Å². The molecule has 0 saturated carbocycles. The van der Waals surface area contributed by atoms with E-state index >= 15 is 0 Å². The van der Waals surface area contributed by atoms with E-state index in [0.29, 0.717) is 22.0 Å². The van der Waals surface area contributed by atoms with E-state index in [-0.39, 0.29) is 37.5 Å². The Bertz CT molecular complexity index is 1090. The summed E-state index contributed by atoms with van der Waals surface area (Å²) in [7, 11) is 1.25. The number of aliphatic hydroxyl groups excluding tert-OH is 4. The molecule has 6 N–H and O–H groups in total. The molecule has 1 aromatic carbocycles. The Kier molecular flexibility index (Phi) is 11.3. The van der Waals surface area contributed by atoms with Crippen molar-refractivity contribution in [1.29, 1.82) is 0 Å². The van der Waals surface area contributed by atoms with Crippen molar-refractivity contribution < 1.29 is 49.0 Å². The minimum atomic E-state index is -1.50. The van der Waals surface area contributed by atoms with E-state index in [9.17, 15) is 30.0 Å². The summed E-state index contributed by atoms with van der Waals surface area (Å²) in [5.74, 6) is -2.16. The van der Waals surface area contributed by atoms with Crippen molar-refractivity contribution in [3.63, 3.8) is 0 Å². The van der Waals surface area contributed by atoms with Gasteiger partial charge < -0.3 is 44.7 Å². The molecule has 0 aromatic heterocycles. The van der Waals surface area contributed by atoms with Gasteiger partial charge in [-0.15, -0.1) is 0 Å². The molecule has 2 aliphatic heterocycles. The second-order valence-corrected chi connectivity index (χ2v) is 9.39. The number of dihydropyridines is 1. The molecule has 2 aliphatic rings. The van der Waals surface area contributed by atoms with E-state index in [0.717, 1.165) is 0 Å². The Morgan fingerprint density at radius 1 is 1.10 bits per heavy atom. The number of carbonyl (C=O) groups is 2. The molecular formula is C26H35ClN2O10. The number of aliphatic hydroxyl groups is 4. The van der Waals surface area contributed by atoms with Crippen LogP contribution in [-0.2, 0) is 28.5 Å². The van der Waals surface area contributed by atoms with Crippen LogP contribution in [0.3, 0.4) is 0 Å². The third-order valence-corrected chi connectivity index (χ3v) is 6.84. The van der Waals surface area contributed by atoms with Crippen LogP contribution in [0.15, 0.2) is 46.8 Å². The summed E-state index contributed by atoms with van der Waals surface area (Å²) < 4.78 is 21.5. The number of hydrogen-bond acceptors (Lipinski definition) is 12. The van der Waals surface area contributed by atoms with Crippen LogP contribution in [0.5, 0.6) is 0 Å². The first-order valence-corrected chi connectivity index (χ1v) is 12.9. The van der Waals surface area contributed by atoms with Gasteiger partial charge in [0, 0.05) is 17.3 Å². The number of allylic oxidation sites excluding steroid dienone is 1. The van der Waals surface area contributed by atoms with Gasteiger partial charge in [-0.05, 0) is 25.5 Å². The quantitative estimate of drug-likeness (QED) is 0.151. The number of esters is 2. The molecule has 2 heterocycles. The molecule has 12 nitrogen and oxygen atoms in total. The lowest BCUT2D eigenvalue weighted by atomic mass is 9.80. The average Bonchev–Trinajstić information content (AvgIpc) is 2.92. The fourth-order valence-electron chi connectivity index (χ4n) is 4.58. The lowest BCUT2D eigenvalue weighted by molar-refractivity contribution is -0.236. The highest BCUT2D eigenvalue weighted by molar-refractivity contribution is 6.31. The summed E-state index contributed by atoms with van der Waals surface area (Å²) >= 11 is 6.49. The molecule has 13 heteroatoms. The second-order valence-electron chi connectivity index (χ2n) is 8.98. The monoisotopic (exact) mass is 570 g/mol. The van der Waals surface area contributed by atoms with Crippen molar-refractivity contribution >= 4 is 23.5 Å². The summed E-state index contributed by atoms with van der Waals surface area (Å²) in [6.45, 7) is 3.08. The Labute approximate surface area is 231 Å². The highest BCUT2D eigenvalue weighted by atomic mass is 35.5. The Morgan fingerprint density at radius 2 is 1.82 bits per heavy atom. The summed E-state index contributed by atoms with van der Waals surface area (Å²) in [5, 5.41) is 45.6. The molecule has 0 radical (unpaired) electrons. The van der Waals surface area contributed by atoms with Crippen LogP contribution in [0.4, 0.5) is 0 Å². The number of benzene rings is 1. The maximum absolute atomic E-state index is 13.2. The van der Waals surface area contributed by atoms with E-state index < -0.39 is 55.1 Å². The normalized spacial score (nSPS) is 27.3. The number of hydrogen-bond donors (Lipinski definition) is 6. The van der Waals surface area contributed by atoms with Gasteiger partial charge in [0.05, 0.1) is 56.3 Å². The number of halogens is 1. The Morgan fingerprint density at radius 3 is 2.46 bits per heavy atom. The number of rotatable bonds is 11. The molecule has 39 heavy (non-hydrogen) atoms. The van der Waals surface area contributed by atoms with Crippen LogP contribution < -0.4 is 10.6 Å². The van der Waals surface area contributed by atoms with Gasteiger partial charge in [0.25, 0.3) is 0 Å². The van der Waals surface area contributed by atoms with Crippen molar-refractivity contribution in [2.45, 2.75) is 50.4 Å². The first-order chi connectivity index (χ1) is 18.7. The van der Waals surface area contributed by atoms with Crippen molar-refractivity contribution in [3.05, 3.63) is 57.4 Å². The van der Waals surface area contributed by atoms with Gasteiger partial charge in [-0.1, -0.05) is 29.8 Å². The van der Waals surface area contributed by atoms with Crippen LogP contribution in [0.2, 0.25) is 5.02 Å². The fraction of sp³-hybridized carbons (Fsp3) is 0.538. The molecule has 3 rings (SSSR count). The highest BCUT2D eigenvalue weighted by Crippen LogP contribution is 2.41. The van der Waals surface area contributed by atoms with Gasteiger partial charge >= 0.3 is 11.9 Å². The van der Waals surface area contributed by atoms with Gasteiger partial charge in [-0.25, -0.2) is 9.59 Å².